The van der Waals surface area contributed by atoms with E-state index in [0.29, 0.717) is 12.1 Å². The van der Waals surface area contributed by atoms with Crippen LogP contribution in [0.25, 0.3) is 10.6 Å². The first-order valence-electron chi connectivity index (χ1n) is 7.81. The van der Waals surface area contributed by atoms with Crippen molar-refractivity contribution in [1.29, 1.82) is 0 Å². The molecule has 0 radical (unpaired) electrons. The Bertz CT molecular complexity index is 530. The molecule has 2 atom stereocenters. The van der Waals surface area contributed by atoms with Crippen molar-refractivity contribution < 1.29 is 0 Å². The summed E-state index contributed by atoms with van der Waals surface area (Å²) in [5.74, 6) is 0. The van der Waals surface area contributed by atoms with Gasteiger partial charge in [-0.2, -0.15) is 0 Å². The van der Waals surface area contributed by atoms with E-state index >= 15 is 0 Å². The summed E-state index contributed by atoms with van der Waals surface area (Å²) < 4.78 is 0. The van der Waals surface area contributed by atoms with Crippen LogP contribution in [0.1, 0.15) is 32.6 Å². The smallest absolute Gasteiger partial charge is 0.123 e. The molecule has 21 heavy (non-hydrogen) atoms. The van der Waals surface area contributed by atoms with Crippen LogP contribution in [0.15, 0.2) is 35.8 Å². The number of hydrogen-bond acceptors (Lipinski definition) is 4. The largest absolute Gasteiger partial charge is 0.383 e. The lowest BCUT2D eigenvalue weighted by Crippen LogP contribution is -2.37. The number of anilines is 1. The van der Waals surface area contributed by atoms with Crippen molar-refractivity contribution in [2.75, 3.05) is 11.9 Å². The predicted octanol–water partition coefficient (Wildman–Crippen LogP) is 4.14. The van der Waals surface area contributed by atoms with E-state index in [2.05, 4.69) is 46.8 Å². The highest BCUT2D eigenvalue weighted by Gasteiger charge is 2.15. The average Bonchev–Trinajstić information content (AvgIpc) is 3.03. The molecule has 2 unspecified atom stereocenters. The molecule has 0 bridgehead atoms. The first kappa shape index (κ1) is 14.5. The van der Waals surface area contributed by atoms with E-state index in [1.807, 2.05) is 11.6 Å². The van der Waals surface area contributed by atoms with Crippen molar-refractivity contribution in [3.8, 4) is 10.6 Å². The molecule has 3 nitrogen and oxygen atoms in total. The minimum absolute atomic E-state index is 0.492. The van der Waals surface area contributed by atoms with Crippen LogP contribution in [-0.2, 0) is 0 Å². The van der Waals surface area contributed by atoms with Gasteiger partial charge in [-0.3, -0.25) is 0 Å². The third-order valence-electron chi connectivity index (χ3n) is 4.03. The Labute approximate surface area is 130 Å². The molecular weight excluding hydrogens is 278 g/mol. The lowest BCUT2D eigenvalue weighted by Gasteiger charge is -2.27. The highest BCUT2D eigenvalue weighted by Crippen LogP contribution is 2.24. The Morgan fingerprint density at radius 3 is 2.86 bits per heavy atom. The fourth-order valence-corrected chi connectivity index (χ4v) is 3.61. The van der Waals surface area contributed by atoms with E-state index in [-0.39, 0.29) is 0 Å². The third kappa shape index (κ3) is 4.05. The maximum Gasteiger partial charge on any atom is 0.123 e. The van der Waals surface area contributed by atoms with E-state index < -0.39 is 0 Å². The van der Waals surface area contributed by atoms with Crippen LogP contribution in [0.3, 0.4) is 0 Å². The number of piperidine rings is 1. The minimum Gasteiger partial charge on any atom is -0.383 e. The zero-order valence-corrected chi connectivity index (χ0v) is 13.3. The molecule has 2 heterocycles. The summed E-state index contributed by atoms with van der Waals surface area (Å²) in [5, 5.41) is 10.3. The number of thiazole rings is 1. The second kappa shape index (κ2) is 7.05. The summed E-state index contributed by atoms with van der Waals surface area (Å²) in [4.78, 5) is 4.34. The molecule has 2 aromatic rings. The first-order chi connectivity index (χ1) is 10.3. The Balaban J connectivity index is 1.54. The molecule has 2 N–H and O–H groups in total. The first-order valence-corrected chi connectivity index (χ1v) is 8.69. The summed E-state index contributed by atoms with van der Waals surface area (Å²) >= 11 is 1.68. The maximum atomic E-state index is 4.34. The summed E-state index contributed by atoms with van der Waals surface area (Å²) in [6, 6.07) is 9.77. The van der Waals surface area contributed by atoms with Crippen molar-refractivity contribution in [3.05, 3.63) is 35.8 Å². The molecule has 1 fully saturated rings. The van der Waals surface area contributed by atoms with Gasteiger partial charge < -0.3 is 10.6 Å². The molecule has 0 saturated carbocycles. The second-order valence-corrected chi connectivity index (χ2v) is 6.74. The normalized spacial score (nSPS) is 20.1. The molecule has 1 aromatic carbocycles. The van der Waals surface area contributed by atoms with E-state index in [1.165, 1.54) is 43.5 Å². The number of hydrogen-bond donors (Lipinski definition) is 2. The van der Waals surface area contributed by atoms with Gasteiger partial charge in [-0.1, -0.05) is 6.42 Å². The lowest BCUT2D eigenvalue weighted by molar-refractivity contribution is 0.371. The van der Waals surface area contributed by atoms with Gasteiger partial charge in [0.1, 0.15) is 5.01 Å². The van der Waals surface area contributed by atoms with Gasteiger partial charge in [-0.25, -0.2) is 4.98 Å². The molecule has 4 heteroatoms. The predicted molar refractivity (Wildman–Crippen MR) is 90.9 cm³/mol. The molecule has 1 aliphatic rings. The van der Waals surface area contributed by atoms with Crippen LogP contribution in [0.4, 0.5) is 5.69 Å². The molecule has 112 valence electrons. The van der Waals surface area contributed by atoms with Gasteiger partial charge in [-0.05, 0) is 57.0 Å². The van der Waals surface area contributed by atoms with Gasteiger partial charge in [0.05, 0.1) is 0 Å². The Kier molecular flexibility index (Phi) is 4.88. The average molecular weight is 301 g/mol. The number of rotatable bonds is 5. The standard InChI is InChI=1S/C17H23N3S/c1-13(12-16-4-2-3-9-18-16)20-15-7-5-14(6-8-15)17-19-10-11-21-17/h5-8,10-11,13,16,18,20H,2-4,9,12H2,1H3. The zero-order valence-electron chi connectivity index (χ0n) is 12.5. The van der Waals surface area contributed by atoms with Gasteiger partial charge in [0.2, 0.25) is 0 Å². The quantitative estimate of drug-likeness (QED) is 0.871. The van der Waals surface area contributed by atoms with Gasteiger partial charge in [-0.15, -0.1) is 11.3 Å². The van der Waals surface area contributed by atoms with Crippen LogP contribution >= 0.6 is 11.3 Å². The van der Waals surface area contributed by atoms with E-state index in [4.69, 9.17) is 0 Å². The van der Waals surface area contributed by atoms with Crippen molar-refractivity contribution in [2.24, 2.45) is 0 Å². The molecule has 1 saturated heterocycles. The van der Waals surface area contributed by atoms with E-state index in [1.54, 1.807) is 11.3 Å². The number of aromatic nitrogens is 1. The molecule has 1 aromatic heterocycles. The van der Waals surface area contributed by atoms with Crippen LogP contribution in [0.5, 0.6) is 0 Å². The third-order valence-corrected chi connectivity index (χ3v) is 4.85. The number of nitrogens with one attached hydrogen (secondary N) is 2. The lowest BCUT2D eigenvalue weighted by atomic mass is 9.98. The van der Waals surface area contributed by atoms with Crippen molar-refractivity contribution >= 4 is 17.0 Å². The Hall–Kier alpha value is -1.39. The maximum absolute atomic E-state index is 4.34. The molecule has 3 rings (SSSR count). The summed E-state index contributed by atoms with van der Waals surface area (Å²) in [6.45, 7) is 3.45. The summed E-state index contributed by atoms with van der Waals surface area (Å²) in [5.41, 5.74) is 2.38. The Morgan fingerprint density at radius 2 is 2.19 bits per heavy atom. The minimum atomic E-state index is 0.492. The van der Waals surface area contributed by atoms with Crippen LogP contribution in [0.2, 0.25) is 0 Å². The topological polar surface area (TPSA) is 37.0 Å². The van der Waals surface area contributed by atoms with Gasteiger partial charge in [0.25, 0.3) is 0 Å². The monoisotopic (exact) mass is 301 g/mol. The molecular formula is C17H23N3S. The highest BCUT2D eigenvalue weighted by atomic mass is 32.1. The van der Waals surface area contributed by atoms with Crippen LogP contribution in [0, 0.1) is 0 Å². The van der Waals surface area contributed by atoms with Crippen molar-refractivity contribution in [1.82, 2.24) is 10.3 Å². The summed E-state index contributed by atoms with van der Waals surface area (Å²) in [7, 11) is 0. The molecule has 0 aliphatic carbocycles. The SMILES string of the molecule is CC(CC1CCCCN1)Nc1ccc(-c2nccs2)cc1. The van der Waals surface area contributed by atoms with E-state index in [9.17, 15) is 0 Å². The van der Waals surface area contributed by atoms with Crippen LogP contribution < -0.4 is 10.6 Å². The molecule has 1 aliphatic heterocycles. The van der Waals surface area contributed by atoms with E-state index in [0.717, 1.165) is 5.01 Å². The molecule has 0 spiro atoms. The van der Waals surface area contributed by atoms with Gasteiger partial charge in [0.15, 0.2) is 0 Å². The number of nitrogens with zero attached hydrogens (tertiary/aromatic N) is 1. The summed E-state index contributed by atoms with van der Waals surface area (Å²) in [6.07, 6.45) is 7.05. The van der Waals surface area contributed by atoms with Gasteiger partial charge in [0, 0.05) is 34.9 Å². The fraction of sp³-hybridized carbons (Fsp3) is 0.471. The van der Waals surface area contributed by atoms with Gasteiger partial charge >= 0.3 is 0 Å². The zero-order chi connectivity index (χ0) is 14.5. The molecule has 0 amide bonds. The van der Waals surface area contributed by atoms with Crippen molar-refractivity contribution in [2.45, 2.75) is 44.7 Å². The van der Waals surface area contributed by atoms with Crippen molar-refractivity contribution in [3.63, 3.8) is 0 Å². The fourth-order valence-electron chi connectivity index (χ4n) is 2.97. The second-order valence-electron chi connectivity index (χ2n) is 5.84. The highest BCUT2D eigenvalue weighted by molar-refractivity contribution is 7.13. The van der Waals surface area contributed by atoms with Crippen LogP contribution in [-0.4, -0.2) is 23.6 Å². The Morgan fingerprint density at radius 1 is 1.33 bits per heavy atom. The number of benzene rings is 1.